The number of pyridine rings is 1. The maximum atomic E-state index is 14.2. The first kappa shape index (κ1) is 25.7. The number of unbranched alkanes of at least 4 members (excludes halogenated alkanes) is 1. The Hall–Kier alpha value is -3.37. The number of hydrogen-bond acceptors (Lipinski definition) is 3. The molecule has 0 amide bonds. The molecule has 3 N–H and O–H groups in total. The van der Waals surface area contributed by atoms with Crippen LogP contribution in [0.1, 0.15) is 57.2 Å². The maximum Gasteiger partial charge on any atom is 0.123 e. The summed E-state index contributed by atoms with van der Waals surface area (Å²) in [6, 6.07) is 23.2. The van der Waals surface area contributed by atoms with Crippen molar-refractivity contribution in [3.8, 4) is 22.3 Å². The second-order valence-electron chi connectivity index (χ2n) is 9.51. The first-order valence-corrected chi connectivity index (χ1v) is 12.9. The molecule has 1 heterocycles. The normalized spacial score (nSPS) is 12.1. The maximum absolute atomic E-state index is 14.2. The summed E-state index contributed by atoms with van der Waals surface area (Å²) in [5.41, 5.74) is 13.6. The van der Waals surface area contributed by atoms with E-state index in [2.05, 4.69) is 56.4 Å². The van der Waals surface area contributed by atoms with E-state index in [1.54, 1.807) is 12.1 Å². The van der Waals surface area contributed by atoms with E-state index in [4.69, 9.17) is 22.3 Å². The molecule has 0 radical (unpaired) electrons. The molecule has 4 aromatic rings. The lowest BCUT2D eigenvalue weighted by molar-refractivity contribution is 0.628. The molecule has 0 bridgehead atoms. The van der Waals surface area contributed by atoms with Crippen LogP contribution in [0.2, 0.25) is 5.02 Å². The van der Waals surface area contributed by atoms with Crippen LogP contribution in [0.3, 0.4) is 0 Å². The van der Waals surface area contributed by atoms with Gasteiger partial charge in [-0.15, -0.1) is 0 Å². The molecule has 1 unspecified atom stereocenters. The monoisotopic (exact) mass is 501 g/mol. The fraction of sp³-hybridized carbons (Fsp3) is 0.258. The average molecular weight is 502 g/mol. The first-order valence-electron chi connectivity index (χ1n) is 12.5. The quantitative estimate of drug-likeness (QED) is 0.225. The van der Waals surface area contributed by atoms with Crippen molar-refractivity contribution in [3.63, 3.8) is 0 Å². The van der Waals surface area contributed by atoms with Gasteiger partial charge in [0, 0.05) is 56.9 Å². The molecule has 36 heavy (non-hydrogen) atoms. The summed E-state index contributed by atoms with van der Waals surface area (Å²) in [5, 5.41) is 4.09. The number of halogens is 2. The summed E-state index contributed by atoms with van der Waals surface area (Å²) < 4.78 is 14.2. The molecule has 1 atom stereocenters. The molecule has 1 aromatic heterocycles. The number of benzene rings is 3. The number of rotatable bonds is 9. The number of nitrogens with one attached hydrogen (secondary N) is 1. The third-order valence-corrected chi connectivity index (χ3v) is 6.58. The molecule has 0 spiro atoms. The van der Waals surface area contributed by atoms with E-state index in [1.165, 1.54) is 11.6 Å². The molecule has 4 rings (SSSR count). The van der Waals surface area contributed by atoms with Gasteiger partial charge in [0.2, 0.25) is 0 Å². The lowest BCUT2D eigenvalue weighted by Gasteiger charge is -2.20. The van der Waals surface area contributed by atoms with Crippen molar-refractivity contribution in [2.75, 3.05) is 11.1 Å². The van der Waals surface area contributed by atoms with Crippen LogP contribution in [-0.4, -0.2) is 11.0 Å². The van der Waals surface area contributed by atoms with Crippen molar-refractivity contribution in [2.45, 2.75) is 52.0 Å². The SMILES string of the molecule is CCCCC(c1cccc(-c2cc(F)ccc2NC(C)C)c1)c1ccc(-c2cc(Cl)ccc2N)cn1. The minimum Gasteiger partial charge on any atom is -0.398 e. The van der Waals surface area contributed by atoms with Crippen LogP contribution in [0.25, 0.3) is 22.3 Å². The molecule has 186 valence electrons. The molecule has 0 fully saturated rings. The molecular formula is C31H33ClFN3. The lowest BCUT2D eigenvalue weighted by Crippen LogP contribution is -2.10. The fourth-order valence-corrected chi connectivity index (χ4v) is 4.73. The third kappa shape index (κ3) is 6.06. The van der Waals surface area contributed by atoms with E-state index in [0.29, 0.717) is 10.7 Å². The summed E-state index contributed by atoms with van der Waals surface area (Å²) in [5.74, 6) is -0.115. The molecule has 0 saturated carbocycles. The number of nitrogen functional groups attached to an aromatic ring is 1. The van der Waals surface area contributed by atoms with Gasteiger partial charge in [0.05, 0.1) is 0 Å². The van der Waals surface area contributed by atoms with Gasteiger partial charge in [-0.05, 0) is 73.9 Å². The van der Waals surface area contributed by atoms with Crippen LogP contribution >= 0.6 is 11.6 Å². The highest BCUT2D eigenvalue weighted by atomic mass is 35.5. The highest BCUT2D eigenvalue weighted by Gasteiger charge is 2.18. The van der Waals surface area contributed by atoms with Gasteiger partial charge in [0.15, 0.2) is 0 Å². The molecule has 0 aliphatic carbocycles. The fourth-order valence-electron chi connectivity index (χ4n) is 4.56. The van der Waals surface area contributed by atoms with E-state index >= 15 is 0 Å². The molecule has 3 aromatic carbocycles. The van der Waals surface area contributed by atoms with E-state index in [1.807, 2.05) is 30.5 Å². The number of aromatic nitrogens is 1. The zero-order chi connectivity index (χ0) is 25.7. The summed E-state index contributed by atoms with van der Waals surface area (Å²) in [4.78, 5) is 4.86. The molecular weight excluding hydrogens is 469 g/mol. The Morgan fingerprint density at radius 1 is 0.944 bits per heavy atom. The first-order chi connectivity index (χ1) is 17.4. The van der Waals surface area contributed by atoms with Crippen molar-refractivity contribution < 1.29 is 4.39 Å². The van der Waals surface area contributed by atoms with Gasteiger partial charge >= 0.3 is 0 Å². The summed E-state index contributed by atoms with van der Waals surface area (Å²) in [6.07, 6.45) is 5.03. The number of nitrogens with zero attached hydrogens (tertiary/aromatic N) is 1. The molecule has 0 saturated heterocycles. The van der Waals surface area contributed by atoms with Gasteiger partial charge in [-0.2, -0.15) is 0 Å². The van der Waals surface area contributed by atoms with Crippen LogP contribution in [0.5, 0.6) is 0 Å². The smallest absolute Gasteiger partial charge is 0.123 e. The lowest BCUT2D eigenvalue weighted by atomic mass is 9.88. The standard InChI is InChI=1S/C31H33ClFN3/c1-4-5-9-26(30-14-10-23(19-35-30)27-17-24(32)11-13-29(27)34)21-7-6-8-22(16-21)28-18-25(33)12-15-31(28)36-20(2)3/h6-8,10-20,26,36H,4-5,9,34H2,1-3H3. The third-order valence-electron chi connectivity index (χ3n) is 6.34. The zero-order valence-electron chi connectivity index (χ0n) is 21.1. The number of hydrogen-bond donors (Lipinski definition) is 2. The number of nitrogens with two attached hydrogens (primary N) is 1. The molecule has 0 aliphatic heterocycles. The highest BCUT2D eigenvalue weighted by molar-refractivity contribution is 6.31. The number of anilines is 2. The van der Waals surface area contributed by atoms with Gasteiger partial charge in [-0.1, -0.05) is 61.7 Å². The Morgan fingerprint density at radius 2 is 1.78 bits per heavy atom. The van der Waals surface area contributed by atoms with Crippen molar-refractivity contribution in [2.24, 2.45) is 0 Å². The summed E-state index contributed by atoms with van der Waals surface area (Å²) in [7, 11) is 0. The topological polar surface area (TPSA) is 50.9 Å². The van der Waals surface area contributed by atoms with E-state index < -0.39 is 0 Å². The van der Waals surface area contributed by atoms with Crippen molar-refractivity contribution in [1.82, 2.24) is 4.98 Å². The van der Waals surface area contributed by atoms with E-state index in [9.17, 15) is 4.39 Å². The van der Waals surface area contributed by atoms with Gasteiger partial charge < -0.3 is 11.1 Å². The second kappa shape index (κ2) is 11.6. The van der Waals surface area contributed by atoms with Gasteiger partial charge in [0.1, 0.15) is 5.82 Å². The molecule has 0 aliphatic rings. The Labute approximate surface area is 218 Å². The van der Waals surface area contributed by atoms with Gasteiger partial charge in [-0.25, -0.2) is 4.39 Å². The summed E-state index contributed by atoms with van der Waals surface area (Å²) in [6.45, 7) is 6.36. The van der Waals surface area contributed by atoms with Crippen molar-refractivity contribution >= 4 is 23.0 Å². The van der Waals surface area contributed by atoms with E-state index in [-0.39, 0.29) is 17.8 Å². The minimum atomic E-state index is -0.246. The zero-order valence-corrected chi connectivity index (χ0v) is 21.8. The Bertz CT molecular complexity index is 1320. The van der Waals surface area contributed by atoms with Crippen LogP contribution in [0, 0.1) is 5.82 Å². The highest BCUT2D eigenvalue weighted by Crippen LogP contribution is 2.36. The Morgan fingerprint density at radius 3 is 2.50 bits per heavy atom. The van der Waals surface area contributed by atoms with Gasteiger partial charge in [0.25, 0.3) is 0 Å². The van der Waals surface area contributed by atoms with Crippen LogP contribution in [-0.2, 0) is 0 Å². The van der Waals surface area contributed by atoms with Gasteiger partial charge in [-0.3, -0.25) is 4.98 Å². The largest absolute Gasteiger partial charge is 0.398 e. The average Bonchev–Trinajstić information content (AvgIpc) is 2.87. The van der Waals surface area contributed by atoms with E-state index in [0.717, 1.165) is 52.9 Å². The van der Waals surface area contributed by atoms with Crippen LogP contribution in [0.15, 0.2) is 79.0 Å². The summed E-state index contributed by atoms with van der Waals surface area (Å²) >= 11 is 6.20. The molecule has 3 nitrogen and oxygen atoms in total. The predicted octanol–water partition coefficient (Wildman–Crippen LogP) is 8.93. The van der Waals surface area contributed by atoms with Crippen LogP contribution < -0.4 is 11.1 Å². The predicted molar refractivity (Wildman–Crippen MR) is 151 cm³/mol. The minimum absolute atomic E-state index is 0.130. The second-order valence-corrected chi connectivity index (χ2v) is 9.95. The Kier molecular flexibility index (Phi) is 8.27. The molecule has 5 heteroatoms. The van der Waals surface area contributed by atoms with Crippen molar-refractivity contribution in [1.29, 1.82) is 0 Å². The Balaban J connectivity index is 1.71. The van der Waals surface area contributed by atoms with Crippen molar-refractivity contribution in [3.05, 3.63) is 101 Å². The van der Waals surface area contributed by atoms with Crippen LogP contribution in [0.4, 0.5) is 15.8 Å².